The third-order valence-corrected chi connectivity index (χ3v) is 8.64. The zero-order valence-electron chi connectivity index (χ0n) is 24.6. The van der Waals surface area contributed by atoms with Crippen molar-refractivity contribution in [1.29, 1.82) is 0 Å². The van der Waals surface area contributed by atoms with E-state index in [-0.39, 0.29) is 12.0 Å². The molecule has 0 saturated heterocycles. The molecule has 2 atom stereocenters. The number of amides is 1. The van der Waals surface area contributed by atoms with Crippen molar-refractivity contribution in [2.75, 3.05) is 12.0 Å². The Morgan fingerprint density at radius 2 is 1.76 bits per heavy atom. The number of benzene rings is 3. The number of thioether (sulfide) groups is 1. The van der Waals surface area contributed by atoms with E-state index in [2.05, 4.69) is 30.4 Å². The number of ether oxygens (including phenoxy) is 1. The van der Waals surface area contributed by atoms with E-state index in [0.717, 1.165) is 47.9 Å². The minimum absolute atomic E-state index is 0.0137. The zero-order chi connectivity index (χ0) is 29.2. The third kappa shape index (κ3) is 8.23. The maximum Gasteiger partial charge on any atom is 0.326 e. The first-order valence-electron chi connectivity index (χ1n) is 14.9. The molecule has 3 aromatic carbocycles. The molecule has 218 valence electrons. The molecule has 0 heterocycles. The van der Waals surface area contributed by atoms with E-state index in [4.69, 9.17) is 4.74 Å². The molecule has 0 aromatic heterocycles. The van der Waals surface area contributed by atoms with Crippen LogP contribution in [0.25, 0.3) is 11.1 Å². The Labute approximate surface area is 249 Å². The highest BCUT2D eigenvalue weighted by Gasteiger charge is 2.23. The Bertz CT molecular complexity index is 1340. The average molecular weight is 574 g/mol. The van der Waals surface area contributed by atoms with Gasteiger partial charge in [-0.2, -0.15) is 11.8 Å². The van der Waals surface area contributed by atoms with Crippen molar-refractivity contribution >= 4 is 23.6 Å². The molecule has 3 aromatic rings. The second-order valence-corrected chi connectivity index (χ2v) is 12.0. The van der Waals surface area contributed by atoms with Crippen LogP contribution in [0.3, 0.4) is 0 Å². The van der Waals surface area contributed by atoms with Gasteiger partial charge in [0.25, 0.3) is 5.91 Å². The molecule has 1 amide bonds. The van der Waals surface area contributed by atoms with Gasteiger partial charge in [-0.15, -0.1) is 0 Å². The summed E-state index contributed by atoms with van der Waals surface area (Å²) in [5, 5.41) is 12.4. The summed E-state index contributed by atoms with van der Waals surface area (Å²) >= 11 is 1.56. The second-order valence-electron chi connectivity index (χ2n) is 11.0. The normalized spacial score (nSPS) is 14.2. The van der Waals surface area contributed by atoms with Gasteiger partial charge in [-0.05, 0) is 109 Å². The number of hydrogen-bond acceptors (Lipinski definition) is 4. The van der Waals surface area contributed by atoms with E-state index in [0.29, 0.717) is 24.3 Å². The quantitative estimate of drug-likeness (QED) is 0.205. The summed E-state index contributed by atoms with van der Waals surface area (Å²) < 4.78 is 6.59. The molecule has 0 fully saturated rings. The maximum atomic E-state index is 13.4. The summed E-state index contributed by atoms with van der Waals surface area (Å²) in [7, 11) is 0. The lowest BCUT2D eigenvalue weighted by Gasteiger charge is -2.23. The molecule has 41 heavy (non-hydrogen) atoms. The minimum Gasteiger partial charge on any atom is -0.480 e. The van der Waals surface area contributed by atoms with Gasteiger partial charge in [-0.25, -0.2) is 4.79 Å². The van der Waals surface area contributed by atoms with Gasteiger partial charge in [-0.3, -0.25) is 4.79 Å². The van der Waals surface area contributed by atoms with Crippen molar-refractivity contribution in [3.63, 3.8) is 0 Å². The summed E-state index contributed by atoms with van der Waals surface area (Å²) in [5.41, 5.74) is 8.43. The number of carbonyl (C=O) groups excluding carboxylic acids is 1. The molecular weight excluding hydrogens is 530 g/mol. The van der Waals surface area contributed by atoms with Gasteiger partial charge in [-0.1, -0.05) is 68.3 Å². The van der Waals surface area contributed by atoms with Crippen LogP contribution in [0.4, 0.5) is 0 Å². The Morgan fingerprint density at radius 1 is 0.976 bits per heavy atom. The Balaban J connectivity index is 1.60. The van der Waals surface area contributed by atoms with E-state index in [1.54, 1.807) is 11.8 Å². The van der Waals surface area contributed by atoms with Gasteiger partial charge in [0.05, 0.1) is 12.7 Å². The smallest absolute Gasteiger partial charge is 0.326 e. The highest BCUT2D eigenvalue weighted by atomic mass is 32.2. The SMILES string of the molecule is CCCCC(OCc1ccc(C(=O)NC(CCSC)C(=O)O)c(-c2ccccc2C)c1)c1ccc2c(c1)CCCC2. The van der Waals surface area contributed by atoms with E-state index in [1.165, 1.54) is 36.0 Å². The average Bonchev–Trinajstić information content (AvgIpc) is 2.99. The second kappa shape index (κ2) is 15.2. The number of aryl methyl sites for hydroxylation is 3. The van der Waals surface area contributed by atoms with E-state index < -0.39 is 12.0 Å². The molecule has 1 aliphatic rings. The van der Waals surface area contributed by atoms with Crippen LogP contribution in [0.2, 0.25) is 0 Å². The van der Waals surface area contributed by atoms with Gasteiger partial charge in [0, 0.05) is 5.56 Å². The number of hydrogen-bond donors (Lipinski definition) is 2. The molecule has 0 spiro atoms. The van der Waals surface area contributed by atoms with Gasteiger partial charge < -0.3 is 15.2 Å². The van der Waals surface area contributed by atoms with Crippen LogP contribution < -0.4 is 5.32 Å². The van der Waals surface area contributed by atoms with Crippen LogP contribution in [-0.4, -0.2) is 35.0 Å². The summed E-state index contributed by atoms with van der Waals surface area (Å²) in [6.07, 6.45) is 10.3. The molecule has 0 bridgehead atoms. The highest BCUT2D eigenvalue weighted by Crippen LogP contribution is 2.32. The fraction of sp³-hybridized carbons (Fsp3) is 0.429. The van der Waals surface area contributed by atoms with E-state index in [9.17, 15) is 14.7 Å². The number of fused-ring (bicyclic) bond motifs is 1. The largest absolute Gasteiger partial charge is 0.480 e. The topological polar surface area (TPSA) is 75.6 Å². The predicted octanol–water partition coefficient (Wildman–Crippen LogP) is 7.93. The first-order chi connectivity index (χ1) is 19.9. The highest BCUT2D eigenvalue weighted by molar-refractivity contribution is 7.98. The molecule has 1 aliphatic carbocycles. The Kier molecular flexibility index (Phi) is 11.5. The van der Waals surface area contributed by atoms with Crippen molar-refractivity contribution < 1.29 is 19.4 Å². The van der Waals surface area contributed by atoms with Crippen LogP contribution in [0.5, 0.6) is 0 Å². The fourth-order valence-electron chi connectivity index (χ4n) is 5.59. The van der Waals surface area contributed by atoms with Crippen LogP contribution in [0.1, 0.15) is 89.7 Å². The Morgan fingerprint density at radius 3 is 2.49 bits per heavy atom. The predicted molar refractivity (Wildman–Crippen MR) is 169 cm³/mol. The molecule has 0 radical (unpaired) electrons. The lowest BCUT2D eigenvalue weighted by atomic mass is 9.89. The van der Waals surface area contributed by atoms with Crippen molar-refractivity contribution in [1.82, 2.24) is 5.32 Å². The van der Waals surface area contributed by atoms with Crippen LogP contribution >= 0.6 is 11.8 Å². The van der Waals surface area contributed by atoms with Crippen LogP contribution in [-0.2, 0) is 29.0 Å². The lowest BCUT2D eigenvalue weighted by Crippen LogP contribution is -2.41. The van der Waals surface area contributed by atoms with E-state index >= 15 is 0 Å². The van der Waals surface area contributed by atoms with Crippen molar-refractivity contribution in [3.05, 3.63) is 94.0 Å². The molecule has 5 nitrogen and oxygen atoms in total. The number of nitrogens with one attached hydrogen (secondary N) is 1. The monoisotopic (exact) mass is 573 g/mol. The van der Waals surface area contributed by atoms with Crippen molar-refractivity contribution in [2.24, 2.45) is 0 Å². The lowest BCUT2D eigenvalue weighted by molar-refractivity contribution is -0.139. The zero-order valence-corrected chi connectivity index (χ0v) is 25.4. The first kappa shape index (κ1) is 30.9. The fourth-order valence-corrected chi connectivity index (χ4v) is 6.06. The molecule has 2 N–H and O–H groups in total. The number of unbranched alkanes of at least 4 members (excludes halogenated alkanes) is 1. The third-order valence-electron chi connectivity index (χ3n) is 7.99. The summed E-state index contributed by atoms with van der Waals surface area (Å²) in [6.45, 7) is 4.66. The van der Waals surface area contributed by atoms with Gasteiger partial charge in [0.1, 0.15) is 6.04 Å². The molecule has 0 aliphatic heterocycles. The number of carbonyl (C=O) groups is 2. The van der Waals surface area contributed by atoms with Gasteiger partial charge in [0.2, 0.25) is 0 Å². The number of aliphatic carboxylic acids is 1. The number of carboxylic acid groups (broad SMARTS) is 1. The maximum absolute atomic E-state index is 13.4. The summed E-state index contributed by atoms with van der Waals surface area (Å²) in [5.74, 6) is -0.740. The van der Waals surface area contributed by atoms with Gasteiger partial charge in [0.15, 0.2) is 0 Å². The van der Waals surface area contributed by atoms with Crippen molar-refractivity contribution in [3.8, 4) is 11.1 Å². The first-order valence-corrected chi connectivity index (χ1v) is 16.3. The number of carboxylic acids is 1. The molecule has 6 heteroatoms. The molecule has 2 unspecified atom stereocenters. The molecule has 0 saturated carbocycles. The summed E-state index contributed by atoms with van der Waals surface area (Å²) in [6, 6.07) is 19.7. The Hall–Kier alpha value is -3.09. The van der Waals surface area contributed by atoms with Crippen molar-refractivity contribution in [2.45, 2.75) is 84.0 Å². The summed E-state index contributed by atoms with van der Waals surface area (Å²) in [4.78, 5) is 25.2. The van der Waals surface area contributed by atoms with Crippen LogP contribution in [0, 0.1) is 6.92 Å². The molecule has 4 rings (SSSR count). The standard InChI is InChI=1S/C35H43NO4S/c1-4-5-14-33(28-17-16-26-11-7-8-12-27(26)22-28)40-23-25-15-18-30(31(21-25)29-13-9-6-10-24(29)2)34(37)36-32(35(38)39)19-20-41-3/h6,9-10,13,15-18,21-22,32-33H,4-5,7-8,11-12,14,19-20,23H2,1-3H3,(H,36,37)(H,38,39). The number of rotatable bonds is 14. The van der Waals surface area contributed by atoms with Crippen LogP contribution in [0.15, 0.2) is 60.7 Å². The van der Waals surface area contributed by atoms with E-state index in [1.807, 2.05) is 55.6 Å². The minimum atomic E-state index is -1.02. The van der Waals surface area contributed by atoms with Gasteiger partial charge >= 0.3 is 5.97 Å². The molecular formula is C35H43NO4S.